The topological polar surface area (TPSA) is 83.6 Å². The van der Waals surface area contributed by atoms with Crippen LogP contribution in [0.1, 0.15) is 21.6 Å². The van der Waals surface area contributed by atoms with Crippen LogP contribution in [0, 0.1) is 5.82 Å². The Hall–Kier alpha value is -2.74. The summed E-state index contributed by atoms with van der Waals surface area (Å²) in [6, 6.07) is 9.70. The first-order chi connectivity index (χ1) is 11.7. The van der Waals surface area contributed by atoms with E-state index in [-0.39, 0.29) is 18.3 Å². The third-order valence-electron chi connectivity index (χ3n) is 3.20. The molecular formula is C16H14FN5OS. The molecule has 0 radical (unpaired) electrons. The molecule has 0 aliphatic carbocycles. The number of rotatable bonds is 6. The van der Waals surface area contributed by atoms with Crippen LogP contribution in [0.15, 0.2) is 53.8 Å². The molecule has 8 heteroatoms. The molecule has 0 atom stereocenters. The van der Waals surface area contributed by atoms with E-state index in [0.29, 0.717) is 22.0 Å². The maximum atomic E-state index is 12.9. The molecule has 0 spiro atoms. The molecule has 0 saturated heterocycles. The quantitative estimate of drug-likeness (QED) is 0.672. The van der Waals surface area contributed by atoms with E-state index in [4.69, 9.17) is 0 Å². The zero-order valence-corrected chi connectivity index (χ0v) is 13.4. The van der Waals surface area contributed by atoms with Crippen LogP contribution in [0.25, 0.3) is 0 Å². The molecule has 2 N–H and O–H groups in total. The van der Waals surface area contributed by atoms with Crippen LogP contribution in [0.3, 0.4) is 0 Å². The van der Waals surface area contributed by atoms with E-state index < -0.39 is 0 Å². The fourth-order valence-electron chi connectivity index (χ4n) is 1.99. The van der Waals surface area contributed by atoms with E-state index in [9.17, 15) is 9.18 Å². The van der Waals surface area contributed by atoms with Gasteiger partial charge in [-0.15, -0.1) is 11.8 Å². The number of amides is 1. The predicted octanol–water partition coefficient (Wildman–Crippen LogP) is 2.56. The van der Waals surface area contributed by atoms with E-state index in [1.165, 1.54) is 23.9 Å². The van der Waals surface area contributed by atoms with Gasteiger partial charge in [-0.1, -0.05) is 12.1 Å². The molecule has 3 rings (SSSR count). The van der Waals surface area contributed by atoms with Crippen molar-refractivity contribution in [2.75, 3.05) is 0 Å². The first kappa shape index (κ1) is 16.1. The zero-order valence-electron chi connectivity index (χ0n) is 12.6. The van der Waals surface area contributed by atoms with Gasteiger partial charge >= 0.3 is 0 Å². The van der Waals surface area contributed by atoms with Crippen LogP contribution in [0.5, 0.6) is 0 Å². The molecule has 2 aromatic heterocycles. The predicted molar refractivity (Wildman–Crippen MR) is 87.8 cm³/mol. The van der Waals surface area contributed by atoms with Crippen molar-refractivity contribution in [1.82, 2.24) is 25.7 Å². The smallest absolute Gasteiger partial charge is 0.254 e. The highest BCUT2D eigenvalue weighted by molar-refractivity contribution is 7.98. The van der Waals surface area contributed by atoms with Gasteiger partial charge in [0, 0.05) is 11.9 Å². The van der Waals surface area contributed by atoms with Gasteiger partial charge in [-0.05, 0) is 29.8 Å². The number of aromatic nitrogens is 4. The van der Waals surface area contributed by atoms with E-state index in [2.05, 4.69) is 25.7 Å². The number of H-pyrrole nitrogens is 1. The van der Waals surface area contributed by atoms with Gasteiger partial charge in [0.25, 0.3) is 5.91 Å². The molecule has 0 bridgehead atoms. The number of carbonyl (C=O) groups is 1. The number of hydrogen-bond donors (Lipinski definition) is 2. The molecule has 3 aromatic rings. The van der Waals surface area contributed by atoms with Gasteiger partial charge in [-0.25, -0.2) is 9.37 Å². The first-order valence-corrected chi connectivity index (χ1v) is 8.16. The molecule has 6 nitrogen and oxygen atoms in total. The number of halogens is 1. The van der Waals surface area contributed by atoms with Crippen LogP contribution in [0.2, 0.25) is 0 Å². The lowest BCUT2D eigenvalue weighted by molar-refractivity contribution is 0.0946. The van der Waals surface area contributed by atoms with Crippen molar-refractivity contribution in [3.8, 4) is 0 Å². The molecule has 0 aliphatic heterocycles. The van der Waals surface area contributed by atoms with E-state index in [1.807, 2.05) is 0 Å². The van der Waals surface area contributed by atoms with Gasteiger partial charge < -0.3 is 5.32 Å². The molecule has 0 aliphatic rings. The van der Waals surface area contributed by atoms with E-state index in [1.54, 1.807) is 36.7 Å². The third kappa shape index (κ3) is 4.17. The Labute approximate surface area is 141 Å². The molecule has 2 heterocycles. The molecule has 1 aromatic carbocycles. The number of hydrogen-bond acceptors (Lipinski definition) is 5. The Morgan fingerprint density at radius 2 is 2.08 bits per heavy atom. The minimum absolute atomic E-state index is 0.229. The Morgan fingerprint density at radius 3 is 2.83 bits per heavy atom. The van der Waals surface area contributed by atoms with Crippen LogP contribution in [-0.2, 0) is 12.3 Å². The van der Waals surface area contributed by atoms with Gasteiger partial charge in [0.05, 0.1) is 18.3 Å². The fourth-order valence-corrected chi connectivity index (χ4v) is 2.94. The van der Waals surface area contributed by atoms with Crippen LogP contribution < -0.4 is 5.32 Å². The van der Waals surface area contributed by atoms with Gasteiger partial charge in [0.2, 0.25) is 0 Å². The Bertz CT molecular complexity index is 808. The Morgan fingerprint density at radius 1 is 1.25 bits per heavy atom. The Kier molecular flexibility index (Phi) is 5.17. The van der Waals surface area contributed by atoms with Crippen molar-refractivity contribution < 1.29 is 9.18 Å². The number of aromatic amines is 1. The van der Waals surface area contributed by atoms with Crippen molar-refractivity contribution in [2.45, 2.75) is 17.3 Å². The first-order valence-electron chi connectivity index (χ1n) is 7.17. The summed E-state index contributed by atoms with van der Waals surface area (Å²) in [5.74, 6) is 0.100. The second-order valence-electron chi connectivity index (χ2n) is 4.92. The summed E-state index contributed by atoms with van der Waals surface area (Å²) >= 11 is 1.43. The lowest BCUT2D eigenvalue weighted by Gasteiger charge is -2.08. The van der Waals surface area contributed by atoms with Crippen molar-refractivity contribution in [3.63, 3.8) is 0 Å². The number of nitrogens with one attached hydrogen (secondary N) is 2. The molecular weight excluding hydrogens is 329 g/mol. The Balaban J connectivity index is 1.65. The summed E-state index contributed by atoms with van der Waals surface area (Å²) in [7, 11) is 0. The second kappa shape index (κ2) is 7.69. The van der Waals surface area contributed by atoms with E-state index in [0.717, 1.165) is 5.56 Å². The van der Waals surface area contributed by atoms with Crippen molar-refractivity contribution in [2.24, 2.45) is 0 Å². The number of pyridine rings is 1. The van der Waals surface area contributed by atoms with Crippen molar-refractivity contribution in [1.29, 1.82) is 0 Å². The third-order valence-corrected chi connectivity index (χ3v) is 4.28. The van der Waals surface area contributed by atoms with Crippen LogP contribution in [0.4, 0.5) is 4.39 Å². The normalized spacial score (nSPS) is 10.5. The minimum Gasteiger partial charge on any atom is -0.346 e. The standard InChI is InChI=1S/C16H14FN5OS/c17-12-5-3-11(4-6-12)10-24-16-14(2-1-7-18-16)15(23)19-8-13-9-20-22-21-13/h1-7,9H,8,10H2,(H,19,23)(H,20,21,22). The molecule has 0 fully saturated rings. The second-order valence-corrected chi connectivity index (χ2v) is 5.88. The molecule has 122 valence electrons. The van der Waals surface area contributed by atoms with Gasteiger partial charge in [0.15, 0.2) is 0 Å². The highest BCUT2D eigenvalue weighted by atomic mass is 32.2. The molecule has 1 amide bonds. The average Bonchev–Trinajstić information content (AvgIpc) is 3.13. The van der Waals surface area contributed by atoms with Gasteiger partial charge in [-0.2, -0.15) is 15.4 Å². The fraction of sp³-hybridized carbons (Fsp3) is 0.125. The number of carbonyl (C=O) groups excluding carboxylic acids is 1. The minimum atomic E-state index is -0.269. The largest absolute Gasteiger partial charge is 0.346 e. The SMILES string of the molecule is O=C(NCc1cn[nH]n1)c1cccnc1SCc1ccc(F)cc1. The summed E-state index contributed by atoms with van der Waals surface area (Å²) in [5.41, 5.74) is 2.10. The maximum absolute atomic E-state index is 12.9. The number of thioether (sulfide) groups is 1. The zero-order chi connectivity index (χ0) is 16.8. The average molecular weight is 343 g/mol. The van der Waals surface area contributed by atoms with Crippen LogP contribution >= 0.6 is 11.8 Å². The lowest BCUT2D eigenvalue weighted by Crippen LogP contribution is -2.23. The summed E-state index contributed by atoms with van der Waals surface area (Å²) in [5, 5.41) is 13.5. The molecule has 0 unspecified atom stereocenters. The lowest BCUT2D eigenvalue weighted by atomic mass is 10.2. The summed E-state index contributed by atoms with van der Waals surface area (Å²) in [6.07, 6.45) is 3.19. The van der Waals surface area contributed by atoms with E-state index >= 15 is 0 Å². The molecule has 0 saturated carbocycles. The monoisotopic (exact) mass is 343 g/mol. The van der Waals surface area contributed by atoms with Gasteiger partial charge in [0.1, 0.15) is 16.5 Å². The highest BCUT2D eigenvalue weighted by Crippen LogP contribution is 2.24. The summed E-state index contributed by atoms with van der Waals surface area (Å²) < 4.78 is 12.9. The number of nitrogens with zero attached hydrogens (tertiary/aromatic N) is 3. The maximum Gasteiger partial charge on any atom is 0.254 e. The van der Waals surface area contributed by atoms with Crippen molar-refractivity contribution >= 4 is 17.7 Å². The highest BCUT2D eigenvalue weighted by Gasteiger charge is 2.13. The summed E-state index contributed by atoms with van der Waals surface area (Å²) in [6.45, 7) is 0.284. The van der Waals surface area contributed by atoms with Gasteiger partial charge in [-0.3, -0.25) is 4.79 Å². The van der Waals surface area contributed by atoms with Crippen molar-refractivity contribution in [3.05, 3.63) is 71.4 Å². The molecule has 24 heavy (non-hydrogen) atoms. The summed E-state index contributed by atoms with van der Waals surface area (Å²) in [4.78, 5) is 16.6. The van der Waals surface area contributed by atoms with Crippen LogP contribution in [-0.4, -0.2) is 26.3 Å². The number of benzene rings is 1.